The van der Waals surface area contributed by atoms with E-state index >= 15 is 0 Å². The van der Waals surface area contributed by atoms with Crippen LogP contribution in [0.5, 0.6) is 0 Å². The van der Waals surface area contributed by atoms with Crippen molar-refractivity contribution in [2.75, 3.05) is 5.73 Å². The number of hydrogen-bond acceptors (Lipinski definition) is 9. The molecule has 2 aromatic rings. The molecule has 0 radical (unpaired) electrons. The second-order valence-electron chi connectivity index (χ2n) is 2.77. The quantitative estimate of drug-likeness (QED) is 0.501. The maximum atomic E-state index is 10.6. The van der Waals surface area contributed by atoms with E-state index in [1.807, 2.05) is 5.21 Å². The topological polar surface area (TPSA) is 199 Å². The predicted molar refractivity (Wildman–Crippen MR) is 52.2 cm³/mol. The highest BCUT2D eigenvalue weighted by Gasteiger charge is 2.28. The van der Waals surface area contributed by atoms with Gasteiger partial charge in [0.1, 0.15) is 0 Å². The molecule has 0 unspecified atom stereocenters. The first kappa shape index (κ1) is 11.2. The minimum Gasteiger partial charge on any atom is -0.373 e. The largest absolute Gasteiger partial charge is 0.423 e. The maximum absolute atomic E-state index is 10.6. The van der Waals surface area contributed by atoms with Gasteiger partial charge in [-0.1, -0.05) is 5.10 Å². The summed E-state index contributed by atoms with van der Waals surface area (Å²) in [6.07, 6.45) is 0. The van der Waals surface area contributed by atoms with Gasteiger partial charge in [-0.25, -0.2) is 4.68 Å². The Morgan fingerprint density at radius 1 is 1.28 bits per heavy atom. The van der Waals surface area contributed by atoms with E-state index < -0.39 is 21.7 Å². The summed E-state index contributed by atoms with van der Waals surface area (Å²) in [6.45, 7) is 0. The van der Waals surface area contributed by atoms with Crippen molar-refractivity contribution < 1.29 is 9.96 Å². The molecule has 0 aliphatic carbocycles. The molecule has 0 fully saturated rings. The van der Waals surface area contributed by atoms with Gasteiger partial charge in [0, 0.05) is 0 Å². The molecule has 0 spiro atoms. The molecule has 0 saturated heterocycles. The zero-order valence-corrected chi connectivity index (χ0v) is 8.29. The molecule has 0 atom stereocenters. The second kappa shape index (κ2) is 3.92. The first-order valence-corrected chi connectivity index (χ1v) is 4.13. The lowest BCUT2D eigenvalue weighted by Crippen LogP contribution is -2.06. The minimum absolute atomic E-state index is 0.366. The molecule has 0 bridgehead atoms. The number of aromatic amines is 1. The molecule has 3 N–H and O–H groups in total. The van der Waals surface area contributed by atoms with E-state index in [1.165, 1.54) is 0 Å². The Bertz CT molecular complexity index is 613. The monoisotopic (exact) mass is 255 g/mol. The van der Waals surface area contributed by atoms with Gasteiger partial charge in [-0.2, -0.15) is 0 Å². The van der Waals surface area contributed by atoms with E-state index in [4.69, 9.17) is 5.73 Å². The van der Waals surface area contributed by atoms with E-state index in [0.717, 1.165) is 0 Å². The Balaban J connectivity index is 2.54. The minimum atomic E-state index is -1.06. The van der Waals surface area contributed by atoms with Crippen LogP contribution in [0.25, 0.3) is 17.1 Å². The lowest BCUT2D eigenvalue weighted by atomic mass is 10.4. The molecular weight excluding hydrogens is 252 g/mol. The Morgan fingerprint density at radius 2 is 2.00 bits per heavy atom. The van der Waals surface area contributed by atoms with Crippen molar-refractivity contribution in [3.05, 3.63) is 25.8 Å². The SMILES string of the molecule is Nc1nnc(-c2n[nH]nc2[N+](=O)[O-])n1[N-][N+](=O)[O-]. The van der Waals surface area contributed by atoms with Gasteiger partial charge >= 0.3 is 11.8 Å². The van der Waals surface area contributed by atoms with Gasteiger partial charge < -0.3 is 26.0 Å². The highest BCUT2D eigenvalue weighted by atomic mass is 16.7. The van der Waals surface area contributed by atoms with Crippen LogP contribution >= 0.6 is 0 Å². The summed E-state index contributed by atoms with van der Waals surface area (Å²) in [5, 5.41) is 35.3. The molecule has 2 rings (SSSR count). The third-order valence-electron chi connectivity index (χ3n) is 1.74. The smallest absolute Gasteiger partial charge is 0.373 e. The van der Waals surface area contributed by atoms with Crippen molar-refractivity contribution in [3.8, 4) is 11.5 Å². The van der Waals surface area contributed by atoms with E-state index in [1.54, 1.807) is 0 Å². The van der Waals surface area contributed by atoms with Crippen molar-refractivity contribution in [2.24, 2.45) is 0 Å². The molecular formula is C4H3N10O4-. The molecule has 2 aromatic heterocycles. The number of hydrogen-bond donors (Lipinski definition) is 2. The van der Waals surface area contributed by atoms with Crippen LogP contribution in [-0.2, 0) is 0 Å². The molecule has 0 aromatic carbocycles. The van der Waals surface area contributed by atoms with Crippen molar-refractivity contribution in [2.45, 2.75) is 0 Å². The molecule has 0 aliphatic heterocycles. The fourth-order valence-electron chi connectivity index (χ4n) is 1.10. The van der Waals surface area contributed by atoms with Gasteiger partial charge in [-0.05, 0) is 4.92 Å². The van der Waals surface area contributed by atoms with Gasteiger partial charge in [-0.3, -0.25) is 5.53 Å². The summed E-state index contributed by atoms with van der Waals surface area (Å²) < 4.78 is 0.505. The fraction of sp³-hybridized carbons (Fsp3) is 0. The number of nitrogens with zero attached hydrogens (tertiary/aromatic N) is 8. The Hall–Kier alpha value is -3.32. The molecule has 0 aliphatic rings. The summed E-state index contributed by atoms with van der Waals surface area (Å²) in [5.74, 6) is -1.47. The third kappa shape index (κ3) is 1.72. The molecule has 18 heavy (non-hydrogen) atoms. The van der Waals surface area contributed by atoms with E-state index in [0.29, 0.717) is 4.68 Å². The first-order valence-electron chi connectivity index (χ1n) is 4.13. The summed E-state index contributed by atoms with van der Waals surface area (Å²) in [4.78, 5) is 20.1. The van der Waals surface area contributed by atoms with Crippen molar-refractivity contribution in [3.63, 3.8) is 0 Å². The lowest BCUT2D eigenvalue weighted by molar-refractivity contribution is -0.432. The highest BCUT2D eigenvalue weighted by Crippen LogP contribution is 2.25. The van der Waals surface area contributed by atoms with E-state index in [9.17, 15) is 20.2 Å². The van der Waals surface area contributed by atoms with Crippen LogP contribution in [-0.4, -0.2) is 40.2 Å². The van der Waals surface area contributed by atoms with Crippen LogP contribution in [0.4, 0.5) is 11.8 Å². The Labute approximate surface area is 96.0 Å². The summed E-state index contributed by atoms with van der Waals surface area (Å²) in [7, 11) is 0. The number of nitro groups is 2. The van der Waals surface area contributed by atoms with Crippen LogP contribution in [0.1, 0.15) is 0 Å². The predicted octanol–water partition coefficient (Wildman–Crippen LogP) is -1.12. The number of nitrogens with one attached hydrogen (secondary N) is 1. The number of nitrogens with two attached hydrogens (primary N) is 1. The fourth-order valence-corrected chi connectivity index (χ4v) is 1.10. The highest BCUT2D eigenvalue weighted by molar-refractivity contribution is 5.61. The number of rotatable bonds is 4. The Morgan fingerprint density at radius 3 is 2.61 bits per heavy atom. The second-order valence-corrected chi connectivity index (χ2v) is 2.77. The van der Waals surface area contributed by atoms with E-state index in [-0.39, 0.29) is 11.5 Å². The zero-order chi connectivity index (χ0) is 13.3. The number of H-pyrrole nitrogens is 1. The molecule has 14 heteroatoms. The summed E-state index contributed by atoms with van der Waals surface area (Å²) in [5.41, 5.74) is 7.78. The lowest BCUT2D eigenvalue weighted by Gasteiger charge is -2.12. The zero-order valence-electron chi connectivity index (χ0n) is 8.29. The van der Waals surface area contributed by atoms with Crippen molar-refractivity contribution in [1.82, 2.24) is 30.3 Å². The maximum Gasteiger partial charge on any atom is 0.423 e. The molecule has 0 saturated carbocycles. The number of nitrogen functional groups attached to an aromatic ring is 1. The van der Waals surface area contributed by atoms with Crippen molar-refractivity contribution in [1.29, 1.82) is 0 Å². The molecule has 14 nitrogen and oxygen atoms in total. The van der Waals surface area contributed by atoms with E-state index in [2.05, 4.69) is 25.9 Å². The van der Waals surface area contributed by atoms with Crippen LogP contribution in [0.15, 0.2) is 0 Å². The Kier molecular flexibility index (Phi) is 2.43. The normalized spacial score (nSPS) is 10.2. The van der Waals surface area contributed by atoms with Crippen LogP contribution in [0, 0.1) is 20.2 Å². The van der Waals surface area contributed by atoms with Crippen LogP contribution in [0.3, 0.4) is 0 Å². The summed E-state index contributed by atoms with van der Waals surface area (Å²) >= 11 is 0. The number of anilines is 1. The van der Waals surface area contributed by atoms with Crippen molar-refractivity contribution >= 4 is 11.8 Å². The van der Waals surface area contributed by atoms with Gasteiger partial charge in [0.05, 0.1) is 5.10 Å². The average Bonchev–Trinajstić information content (AvgIpc) is 2.86. The van der Waals surface area contributed by atoms with Gasteiger partial charge in [0.2, 0.25) is 0 Å². The molecule has 2 heterocycles. The first-order chi connectivity index (χ1) is 8.50. The summed E-state index contributed by atoms with van der Waals surface area (Å²) in [6, 6.07) is 0. The van der Waals surface area contributed by atoms with Gasteiger partial charge in [0.25, 0.3) is 11.5 Å². The van der Waals surface area contributed by atoms with Gasteiger partial charge in [-0.15, -0.1) is 20.4 Å². The van der Waals surface area contributed by atoms with Gasteiger partial charge in [0.15, 0.2) is 0 Å². The van der Waals surface area contributed by atoms with Crippen LogP contribution in [0.2, 0.25) is 0 Å². The third-order valence-corrected chi connectivity index (χ3v) is 1.74. The molecule has 94 valence electrons. The standard InChI is InChI=1S/C4H3N10O4/c5-4-9-7-2(12(4)11-14(17)18)1-3(13(15)16)8-10-6-1/h(H2,5,9)(H,6,8,10)/q-1. The average molecular weight is 255 g/mol. The van der Waals surface area contributed by atoms with Crippen LogP contribution < -0.4 is 5.73 Å². The molecule has 0 amide bonds. The number of aromatic nitrogens is 6.